The zero-order chi connectivity index (χ0) is 48.4. The van der Waals surface area contributed by atoms with Gasteiger partial charge in [-0.2, -0.15) is 0 Å². The molecule has 2 aliphatic rings. The van der Waals surface area contributed by atoms with Crippen molar-refractivity contribution >= 4 is 60.4 Å². The van der Waals surface area contributed by atoms with Crippen molar-refractivity contribution in [2.75, 3.05) is 0 Å². The van der Waals surface area contributed by atoms with Crippen LogP contribution in [0.25, 0.3) is 116 Å². The van der Waals surface area contributed by atoms with E-state index in [0.717, 1.165) is 72.8 Å². The number of hydrogen-bond donors (Lipinski definition) is 0. The molecule has 0 radical (unpaired) electrons. The number of furan rings is 3. The summed E-state index contributed by atoms with van der Waals surface area (Å²) in [5.74, 6) is 2.25. The minimum atomic E-state index is 0.328. The van der Waals surface area contributed by atoms with Crippen LogP contribution in [0.5, 0.6) is 0 Å². The van der Waals surface area contributed by atoms with Crippen LogP contribution in [0.15, 0.2) is 183 Å². The second-order valence-electron chi connectivity index (χ2n) is 20.6. The number of fused-ring (bicyclic) bond motifs is 9. The Labute approximate surface area is 415 Å². The van der Waals surface area contributed by atoms with Crippen LogP contribution in [0.4, 0.5) is 0 Å². The zero-order valence-electron chi connectivity index (χ0n) is 41.8. The average molecular weight is 921 g/mol. The molecule has 0 N–H and O–H groups in total. The Kier molecular flexibility index (Phi) is 9.94. The van der Waals surface area contributed by atoms with Gasteiger partial charge in [0.1, 0.15) is 33.7 Å². The molecular formula is C68H56O3. The average Bonchev–Trinajstić information content (AvgIpc) is 4.07. The van der Waals surface area contributed by atoms with Gasteiger partial charge in [0.15, 0.2) is 0 Å². The smallest absolute Gasteiger partial charge is 0.143 e. The number of rotatable bonds is 6. The maximum Gasteiger partial charge on any atom is 0.143 e. The Morgan fingerprint density at radius 3 is 1.42 bits per heavy atom. The van der Waals surface area contributed by atoms with Crippen molar-refractivity contribution in [3.05, 3.63) is 209 Å². The predicted molar refractivity (Wildman–Crippen MR) is 298 cm³/mol. The van der Waals surface area contributed by atoms with E-state index in [4.69, 9.17) is 13.3 Å². The molecule has 3 heterocycles. The minimum Gasteiger partial charge on any atom is -0.456 e. The highest BCUT2D eigenvalue weighted by Gasteiger charge is 2.32. The summed E-state index contributed by atoms with van der Waals surface area (Å²) in [7, 11) is 0. The second-order valence-corrected chi connectivity index (χ2v) is 20.6. The van der Waals surface area contributed by atoms with E-state index in [1.165, 1.54) is 94.4 Å². The first-order valence-electron chi connectivity index (χ1n) is 25.4. The predicted octanol–water partition coefficient (Wildman–Crippen LogP) is 19.8. The lowest BCUT2D eigenvalue weighted by Crippen LogP contribution is -2.14. The largest absolute Gasteiger partial charge is 0.456 e. The summed E-state index contributed by atoms with van der Waals surface area (Å²) in [6.07, 6.45) is 10.2. The molecule has 71 heavy (non-hydrogen) atoms. The summed E-state index contributed by atoms with van der Waals surface area (Å²) in [4.78, 5) is 0. The van der Waals surface area contributed by atoms with E-state index in [0.29, 0.717) is 17.8 Å². The SMILES string of the molecule is Cc1ccccc1-c1cccc2c1oc1ccc(-c3c(C)c(-c4ccc5oc6c(c5c4)C(C)CC=C6C4=CC=CC(C)C4C)c(C)c(-c4ccc5oc6c(-c7ccccc7C)cccc6c5c4)c3C)cc12. The van der Waals surface area contributed by atoms with Gasteiger partial charge in [0.25, 0.3) is 0 Å². The van der Waals surface area contributed by atoms with E-state index in [2.05, 4.69) is 219 Å². The third-order valence-electron chi connectivity index (χ3n) is 16.4. The highest BCUT2D eigenvalue weighted by atomic mass is 16.3. The highest BCUT2D eigenvalue weighted by molar-refractivity contribution is 6.13. The maximum absolute atomic E-state index is 6.94. The van der Waals surface area contributed by atoms with Crippen molar-refractivity contribution in [1.82, 2.24) is 0 Å². The molecule has 0 spiro atoms. The molecule has 0 fully saturated rings. The number of para-hydroxylation sites is 2. The van der Waals surface area contributed by atoms with Crippen LogP contribution < -0.4 is 0 Å². The molecule has 0 amide bonds. The lowest BCUT2D eigenvalue weighted by Gasteiger charge is -2.28. The molecule has 0 saturated heterocycles. The highest BCUT2D eigenvalue weighted by Crippen LogP contribution is 2.51. The summed E-state index contributed by atoms with van der Waals surface area (Å²) < 4.78 is 20.5. The van der Waals surface area contributed by atoms with E-state index < -0.39 is 0 Å². The van der Waals surface area contributed by atoms with Gasteiger partial charge in [0.2, 0.25) is 0 Å². The number of benzene rings is 8. The zero-order valence-corrected chi connectivity index (χ0v) is 41.8. The summed E-state index contributed by atoms with van der Waals surface area (Å²) in [6, 6.07) is 50.8. The van der Waals surface area contributed by atoms with Crippen LogP contribution in [0.2, 0.25) is 0 Å². The number of hydrogen-bond acceptors (Lipinski definition) is 3. The molecule has 3 atom stereocenters. The van der Waals surface area contributed by atoms with Gasteiger partial charge in [-0.3, -0.25) is 0 Å². The van der Waals surface area contributed by atoms with Crippen LogP contribution in [0.1, 0.15) is 72.3 Å². The molecule has 3 heteroatoms. The molecule has 8 aromatic carbocycles. The normalized spacial score (nSPS) is 16.9. The van der Waals surface area contributed by atoms with E-state index in [-0.39, 0.29) is 0 Å². The molecule has 13 rings (SSSR count). The summed E-state index contributed by atoms with van der Waals surface area (Å²) >= 11 is 0. The fourth-order valence-corrected chi connectivity index (χ4v) is 12.6. The second kappa shape index (κ2) is 16.4. The molecule has 346 valence electrons. The molecule has 3 unspecified atom stereocenters. The Balaban J connectivity index is 1.04. The monoisotopic (exact) mass is 920 g/mol. The summed E-state index contributed by atoms with van der Waals surface area (Å²) in [5, 5.41) is 5.67. The molecule has 0 saturated carbocycles. The first-order chi connectivity index (χ1) is 34.5. The van der Waals surface area contributed by atoms with Gasteiger partial charge in [0, 0.05) is 49.2 Å². The van der Waals surface area contributed by atoms with Gasteiger partial charge >= 0.3 is 0 Å². The van der Waals surface area contributed by atoms with Gasteiger partial charge in [0.05, 0.1) is 0 Å². The topological polar surface area (TPSA) is 39.4 Å². The van der Waals surface area contributed by atoms with Crippen molar-refractivity contribution in [2.45, 2.75) is 67.7 Å². The van der Waals surface area contributed by atoms with Gasteiger partial charge in [-0.15, -0.1) is 0 Å². The van der Waals surface area contributed by atoms with E-state index in [1.807, 2.05) is 0 Å². The molecule has 3 nitrogen and oxygen atoms in total. The van der Waals surface area contributed by atoms with E-state index >= 15 is 0 Å². The lowest BCUT2D eigenvalue weighted by atomic mass is 9.76. The Morgan fingerprint density at radius 2 is 0.915 bits per heavy atom. The fraction of sp³-hybridized carbons (Fsp3) is 0.176. The molecule has 3 aromatic heterocycles. The van der Waals surface area contributed by atoms with Crippen molar-refractivity contribution in [1.29, 1.82) is 0 Å². The third-order valence-corrected chi connectivity index (χ3v) is 16.4. The molecule has 11 aromatic rings. The fourth-order valence-electron chi connectivity index (χ4n) is 12.6. The summed E-state index contributed by atoms with van der Waals surface area (Å²) in [6.45, 7) is 18.3. The molecule has 0 aliphatic heterocycles. The van der Waals surface area contributed by atoms with Gasteiger partial charge < -0.3 is 13.3 Å². The number of allylic oxidation sites excluding steroid dienone is 6. The van der Waals surface area contributed by atoms with Crippen LogP contribution in [-0.2, 0) is 0 Å². The van der Waals surface area contributed by atoms with Gasteiger partial charge in [-0.25, -0.2) is 0 Å². The lowest BCUT2D eigenvalue weighted by molar-refractivity contribution is 0.526. The van der Waals surface area contributed by atoms with Gasteiger partial charge in [-0.05, 0) is 173 Å². The first-order valence-corrected chi connectivity index (χ1v) is 25.4. The van der Waals surface area contributed by atoms with E-state index in [1.54, 1.807) is 0 Å². The van der Waals surface area contributed by atoms with Crippen molar-refractivity contribution in [2.24, 2.45) is 11.8 Å². The van der Waals surface area contributed by atoms with Crippen molar-refractivity contribution < 1.29 is 13.3 Å². The van der Waals surface area contributed by atoms with Crippen molar-refractivity contribution in [3.63, 3.8) is 0 Å². The van der Waals surface area contributed by atoms with Crippen LogP contribution in [0, 0.1) is 46.5 Å². The van der Waals surface area contributed by atoms with E-state index in [9.17, 15) is 0 Å². The van der Waals surface area contributed by atoms with Crippen LogP contribution >= 0.6 is 0 Å². The number of aryl methyl sites for hydroxylation is 2. The van der Waals surface area contributed by atoms with Gasteiger partial charge in [-0.1, -0.05) is 148 Å². The minimum absolute atomic E-state index is 0.328. The maximum atomic E-state index is 6.94. The molecule has 0 bridgehead atoms. The van der Waals surface area contributed by atoms with Crippen LogP contribution in [-0.4, -0.2) is 0 Å². The molecular weight excluding hydrogens is 865 g/mol. The Morgan fingerprint density at radius 1 is 0.451 bits per heavy atom. The Bertz CT molecular complexity index is 3940. The standard InChI is InChI=1S/C68H56O3/c1-37-18-13-21-50(41(37)5)55-30-26-40(4)62-58-36-47(29-33-61(58)71-68(55)62)65-43(7)63(45-27-31-59-56(34-45)53-24-14-22-51(66(53)69-59)48-19-11-9-16-38(48)2)42(6)64(44(65)8)46-28-32-60-57(35-46)54-25-15-23-52(67(54)70-60)49-20-12-10-17-39(49)3/h9-25,27-37,40-41H,26H2,1-8H3. The third kappa shape index (κ3) is 6.62. The van der Waals surface area contributed by atoms with Crippen LogP contribution in [0.3, 0.4) is 0 Å². The quantitative estimate of drug-likeness (QED) is 0.167. The molecule has 2 aliphatic carbocycles. The van der Waals surface area contributed by atoms with Crippen molar-refractivity contribution in [3.8, 4) is 55.6 Å². The first kappa shape index (κ1) is 43.2. The Hall–Kier alpha value is -7.88. The summed E-state index contributed by atoms with van der Waals surface area (Å²) in [5.41, 5.74) is 26.6.